The summed E-state index contributed by atoms with van der Waals surface area (Å²) in [5, 5.41) is 11.9. The average molecular weight is 375 g/mol. The molecule has 2 bridgehead atoms. The molecule has 1 heterocycles. The molecule has 1 aromatic carbocycles. The lowest BCUT2D eigenvalue weighted by molar-refractivity contribution is -0.177. The number of fused-ring (bicyclic) bond motifs is 1. The van der Waals surface area contributed by atoms with Crippen LogP contribution < -0.4 is 10.8 Å². The number of nitrogens with zero attached hydrogens (tertiary/aromatic N) is 1. The molecule has 1 aromatic rings. The lowest BCUT2D eigenvalue weighted by Crippen LogP contribution is -2.77. The van der Waals surface area contributed by atoms with Crippen molar-refractivity contribution >= 4 is 11.8 Å². The number of amides is 2. The van der Waals surface area contributed by atoms with E-state index in [9.17, 15) is 14.0 Å². The number of benzene rings is 1. The number of hydrogen-bond acceptors (Lipinski definition) is 4. The highest BCUT2D eigenvalue weighted by molar-refractivity contribution is 5.93. The van der Waals surface area contributed by atoms with Crippen LogP contribution in [0.4, 0.5) is 4.39 Å². The Labute approximate surface area is 158 Å². The largest absolute Gasteiger partial charge is 0.351 e. The van der Waals surface area contributed by atoms with Gasteiger partial charge in [-0.1, -0.05) is 6.92 Å². The van der Waals surface area contributed by atoms with Gasteiger partial charge in [-0.05, 0) is 60.8 Å². The Bertz CT molecular complexity index is 790. The van der Waals surface area contributed by atoms with Gasteiger partial charge in [0.05, 0.1) is 0 Å². The van der Waals surface area contributed by atoms with Gasteiger partial charge in [-0.2, -0.15) is 0 Å². The van der Waals surface area contributed by atoms with Crippen LogP contribution in [0.1, 0.15) is 61.0 Å². The molecular formula is C20H26FN3O3. The van der Waals surface area contributed by atoms with Gasteiger partial charge >= 0.3 is 0 Å². The van der Waals surface area contributed by atoms with Gasteiger partial charge in [0.1, 0.15) is 5.82 Å². The molecule has 0 radical (unpaired) electrons. The van der Waals surface area contributed by atoms with Crippen LogP contribution >= 0.6 is 0 Å². The van der Waals surface area contributed by atoms with Crippen LogP contribution in [0.25, 0.3) is 0 Å². The predicted molar refractivity (Wildman–Crippen MR) is 96.7 cm³/mol. The molecule has 0 unspecified atom stereocenters. The Hall–Kier alpha value is -1.99. The van der Waals surface area contributed by atoms with Crippen molar-refractivity contribution in [2.24, 2.45) is 5.41 Å². The van der Waals surface area contributed by atoms with Crippen molar-refractivity contribution in [3.05, 3.63) is 34.6 Å². The molecule has 0 saturated heterocycles. The molecule has 27 heavy (non-hydrogen) atoms. The van der Waals surface area contributed by atoms with E-state index >= 15 is 0 Å². The highest BCUT2D eigenvalue weighted by Crippen LogP contribution is 2.67. The van der Waals surface area contributed by atoms with E-state index in [1.165, 1.54) is 6.07 Å². The second-order valence-corrected chi connectivity index (χ2v) is 8.70. The molecule has 3 N–H and O–H groups in total. The summed E-state index contributed by atoms with van der Waals surface area (Å²) in [5.74, 6) is -1.04. The number of halogens is 1. The summed E-state index contributed by atoms with van der Waals surface area (Å²) in [7, 11) is 0. The fourth-order valence-electron chi connectivity index (χ4n) is 5.66. The van der Waals surface area contributed by atoms with Gasteiger partial charge in [-0.25, -0.2) is 9.87 Å². The third-order valence-electron chi connectivity index (χ3n) is 6.57. The fourth-order valence-corrected chi connectivity index (χ4v) is 5.66. The van der Waals surface area contributed by atoms with Gasteiger partial charge < -0.3 is 5.32 Å². The first-order chi connectivity index (χ1) is 12.8. The Balaban J connectivity index is 1.50. The molecule has 0 spiro atoms. The van der Waals surface area contributed by atoms with Crippen molar-refractivity contribution in [3.63, 3.8) is 0 Å². The van der Waals surface area contributed by atoms with Crippen molar-refractivity contribution in [1.82, 2.24) is 15.7 Å². The molecule has 6 nitrogen and oxygen atoms in total. The van der Waals surface area contributed by atoms with Crippen molar-refractivity contribution in [2.75, 3.05) is 6.54 Å². The summed E-state index contributed by atoms with van der Waals surface area (Å²) in [6.07, 6.45) is 4.61. The van der Waals surface area contributed by atoms with Gasteiger partial charge in [0.15, 0.2) is 0 Å². The van der Waals surface area contributed by atoms with Crippen molar-refractivity contribution in [2.45, 2.75) is 64.1 Å². The van der Waals surface area contributed by atoms with Crippen LogP contribution in [0.3, 0.4) is 0 Å². The highest BCUT2D eigenvalue weighted by atomic mass is 19.1. The number of carbonyl (C=O) groups is 2. The van der Waals surface area contributed by atoms with E-state index in [-0.39, 0.29) is 34.3 Å². The number of carbonyl (C=O) groups excluding carboxylic acids is 2. The maximum Gasteiger partial charge on any atom is 0.274 e. The van der Waals surface area contributed by atoms with Crippen LogP contribution in [0.5, 0.6) is 0 Å². The number of rotatable bonds is 5. The van der Waals surface area contributed by atoms with Crippen LogP contribution in [-0.2, 0) is 17.8 Å². The van der Waals surface area contributed by atoms with Gasteiger partial charge in [0.2, 0.25) is 5.91 Å². The van der Waals surface area contributed by atoms with E-state index in [1.54, 1.807) is 18.5 Å². The second-order valence-electron chi connectivity index (χ2n) is 8.70. The van der Waals surface area contributed by atoms with Gasteiger partial charge in [0, 0.05) is 37.2 Å². The maximum atomic E-state index is 14.5. The number of hydroxylamine groups is 1. The summed E-state index contributed by atoms with van der Waals surface area (Å²) in [6.45, 7) is 5.22. The minimum absolute atomic E-state index is 0.0136. The van der Waals surface area contributed by atoms with Gasteiger partial charge in [-0.3, -0.25) is 19.7 Å². The SMILES string of the molecule is CC[C@@H]1Cc2c(F)cc(C(=O)NO)cc2CN1CC12CC(NC(C)=O)(C1)C2. The van der Waals surface area contributed by atoms with Crippen molar-refractivity contribution in [1.29, 1.82) is 0 Å². The molecule has 1 aliphatic heterocycles. The third-order valence-corrected chi connectivity index (χ3v) is 6.57. The van der Waals surface area contributed by atoms with E-state index in [0.29, 0.717) is 18.5 Å². The summed E-state index contributed by atoms with van der Waals surface area (Å²) < 4.78 is 14.5. The molecule has 5 rings (SSSR count). The molecule has 3 fully saturated rings. The first-order valence-corrected chi connectivity index (χ1v) is 9.57. The number of hydrogen-bond donors (Lipinski definition) is 3. The van der Waals surface area contributed by atoms with Gasteiger partial charge in [-0.15, -0.1) is 0 Å². The summed E-state index contributed by atoms with van der Waals surface area (Å²) in [5.41, 5.74) is 3.48. The minimum Gasteiger partial charge on any atom is -0.351 e. The molecule has 3 saturated carbocycles. The first-order valence-electron chi connectivity index (χ1n) is 9.57. The quantitative estimate of drug-likeness (QED) is 0.544. The lowest BCUT2D eigenvalue weighted by Gasteiger charge is -2.72. The average Bonchev–Trinajstić information content (AvgIpc) is 2.57. The van der Waals surface area contributed by atoms with E-state index in [1.807, 2.05) is 0 Å². The van der Waals surface area contributed by atoms with Crippen LogP contribution in [0.15, 0.2) is 12.1 Å². The summed E-state index contributed by atoms with van der Waals surface area (Å²) in [6, 6.07) is 3.16. The second kappa shape index (κ2) is 6.27. The van der Waals surface area contributed by atoms with Crippen LogP contribution in [0, 0.1) is 11.2 Å². The molecule has 7 heteroatoms. The zero-order valence-corrected chi connectivity index (χ0v) is 15.8. The zero-order chi connectivity index (χ0) is 19.4. The minimum atomic E-state index is -0.697. The Morgan fingerprint density at radius 1 is 1.33 bits per heavy atom. The third kappa shape index (κ3) is 3.02. The van der Waals surface area contributed by atoms with E-state index in [4.69, 9.17) is 5.21 Å². The first kappa shape index (κ1) is 18.4. The Morgan fingerprint density at radius 2 is 2.04 bits per heavy atom. The van der Waals surface area contributed by atoms with Crippen molar-refractivity contribution in [3.8, 4) is 0 Å². The molecule has 3 aliphatic carbocycles. The van der Waals surface area contributed by atoms with Crippen molar-refractivity contribution < 1.29 is 19.2 Å². The predicted octanol–water partition coefficient (Wildman–Crippen LogP) is 2.14. The molecule has 146 valence electrons. The summed E-state index contributed by atoms with van der Waals surface area (Å²) in [4.78, 5) is 25.4. The topological polar surface area (TPSA) is 81.7 Å². The molecular weight excluding hydrogens is 349 g/mol. The normalized spacial score (nSPS) is 31.3. The smallest absolute Gasteiger partial charge is 0.274 e. The Morgan fingerprint density at radius 3 is 2.63 bits per heavy atom. The van der Waals surface area contributed by atoms with Crippen LogP contribution in [-0.4, -0.2) is 40.0 Å². The van der Waals surface area contributed by atoms with Gasteiger partial charge in [0.25, 0.3) is 5.91 Å². The van der Waals surface area contributed by atoms with E-state index in [0.717, 1.165) is 37.8 Å². The molecule has 0 aromatic heterocycles. The summed E-state index contributed by atoms with van der Waals surface area (Å²) >= 11 is 0. The standard InChI is InChI=1S/C20H26FN3O3/c1-3-15-6-16-14(4-13(5-17(16)21)18(26)23-27)7-24(15)11-19-8-20(9-19,10-19)22-12(2)25/h4-5,15,27H,3,6-11H2,1-2H3,(H,22,25)(H,23,26)/t15-,19?,20?/m1/s1. The molecule has 4 aliphatic rings. The zero-order valence-electron chi connectivity index (χ0n) is 15.8. The molecule has 2 amide bonds. The fraction of sp³-hybridized carbons (Fsp3) is 0.600. The molecule has 1 atom stereocenters. The number of nitrogens with one attached hydrogen (secondary N) is 2. The highest BCUT2D eigenvalue weighted by Gasteiger charge is 2.68. The lowest BCUT2D eigenvalue weighted by atomic mass is 9.39. The Kier molecular flexibility index (Phi) is 4.27. The maximum absolute atomic E-state index is 14.5. The van der Waals surface area contributed by atoms with Crippen LogP contribution in [0.2, 0.25) is 0 Å². The monoisotopic (exact) mass is 375 g/mol. The van der Waals surface area contributed by atoms with E-state index < -0.39 is 5.91 Å². The van der Waals surface area contributed by atoms with E-state index in [2.05, 4.69) is 17.1 Å².